The molecule has 2 aromatic rings. The predicted octanol–water partition coefficient (Wildman–Crippen LogP) is 2.51. The van der Waals surface area contributed by atoms with Crippen molar-refractivity contribution in [2.45, 2.75) is 20.3 Å². The lowest BCUT2D eigenvalue weighted by molar-refractivity contribution is -0.139. The van der Waals surface area contributed by atoms with Gasteiger partial charge in [-0.15, -0.1) is 0 Å². The van der Waals surface area contributed by atoms with E-state index in [4.69, 9.17) is 19.3 Å². The van der Waals surface area contributed by atoms with Crippen molar-refractivity contribution in [1.29, 1.82) is 0 Å². The Morgan fingerprint density at radius 1 is 1.07 bits per heavy atom. The van der Waals surface area contributed by atoms with Crippen LogP contribution < -0.4 is 19.5 Å². The summed E-state index contributed by atoms with van der Waals surface area (Å²) in [5.41, 5.74) is 3.01. The van der Waals surface area contributed by atoms with Gasteiger partial charge in [0.1, 0.15) is 19.0 Å². The number of aryl methyl sites for hydroxylation is 2. The Hall–Kier alpha value is -3.22. The fraction of sp³-hybridized carbons (Fsp3) is 0.333. The number of fused-ring (bicyclic) bond motifs is 1. The minimum atomic E-state index is -1.04. The summed E-state index contributed by atoms with van der Waals surface area (Å²) in [6, 6.07) is 9.17. The third-order valence-corrected chi connectivity index (χ3v) is 4.37. The third kappa shape index (κ3) is 4.73. The summed E-state index contributed by atoms with van der Waals surface area (Å²) in [6.07, 6.45) is 0.667. The van der Waals surface area contributed by atoms with Crippen LogP contribution in [-0.2, 0) is 11.2 Å². The van der Waals surface area contributed by atoms with Gasteiger partial charge < -0.3 is 24.6 Å². The van der Waals surface area contributed by atoms with Gasteiger partial charge in [0.05, 0.1) is 0 Å². The third-order valence-electron chi connectivity index (χ3n) is 4.37. The molecule has 1 amide bonds. The van der Waals surface area contributed by atoms with E-state index in [1.165, 1.54) is 0 Å². The monoisotopic (exact) mass is 385 g/mol. The van der Waals surface area contributed by atoms with E-state index in [9.17, 15) is 9.59 Å². The van der Waals surface area contributed by atoms with Crippen molar-refractivity contribution in [3.8, 4) is 17.2 Å². The largest absolute Gasteiger partial charge is 0.486 e. The Bertz CT molecular complexity index is 869. The molecule has 0 aromatic heterocycles. The Morgan fingerprint density at radius 3 is 2.43 bits per heavy atom. The first kappa shape index (κ1) is 19.5. The first-order valence-electron chi connectivity index (χ1n) is 9.06. The van der Waals surface area contributed by atoms with Crippen LogP contribution >= 0.6 is 0 Å². The first-order chi connectivity index (χ1) is 13.4. The number of carbonyl (C=O) groups excluding carboxylic acids is 1. The van der Waals surface area contributed by atoms with Crippen molar-refractivity contribution < 1.29 is 28.9 Å². The van der Waals surface area contributed by atoms with Gasteiger partial charge in [-0.05, 0) is 61.2 Å². The van der Waals surface area contributed by atoms with Gasteiger partial charge in [-0.2, -0.15) is 0 Å². The Balaban J connectivity index is 1.58. The topological polar surface area (TPSA) is 94.1 Å². The average Bonchev–Trinajstić information content (AvgIpc) is 2.66. The van der Waals surface area contributed by atoms with Crippen LogP contribution in [0.15, 0.2) is 30.3 Å². The van der Waals surface area contributed by atoms with Gasteiger partial charge in [-0.3, -0.25) is 4.79 Å². The van der Waals surface area contributed by atoms with Gasteiger partial charge in [0.15, 0.2) is 18.1 Å². The number of benzene rings is 2. The highest BCUT2D eigenvalue weighted by atomic mass is 16.6. The quantitative estimate of drug-likeness (QED) is 0.761. The van der Waals surface area contributed by atoms with Crippen molar-refractivity contribution >= 4 is 11.9 Å². The zero-order chi connectivity index (χ0) is 20.1. The van der Waals surface area contributed by atoms with E-state index in [2.05, 4.69) is 5.32 Å². The van der Waals surface area contributed by atoms with Crippen molar-refractivity contribution in [2.24, 2.45) is 0 Å². The van der Waals surface area contributed by atoms with E-state index in [-0.39, 0.29) is 5.91 Å². The lowest BCUT2D eigenvalue weighted by Crippen LogP contribution is -2.26. The molecule has 0 spiro atoms. The fourth-order valence-electron chi connectivity index (χ4n) is 3.11. The first-order valence-corrected chi connectivity index (χ1v) is 9.06. The molecule has 0 radical (unpaired) electrons. The number of carbonyl (C=O) groups is 2. The van der Waals surface area contributed by atoms with E-state index in [0.29, 0.717) is 37.5 Å². The van der Waals surface area contributed by atoms with Crippen LogP contribution in [0.25, 0.3) is 0 Å². The number of hydrogen-bond acceptors (Lipinski definition) is 5. The van der Waals surface area contributed by atoms with Crippen LogP contribution in [0, 0.1) is 13.8 Å². The van der Waals surface area contributed by atoms with Crippen LogP contribution in [0.4, 0.5) is 0 Å². The van der Waals surface area contributed by atoms with Gasteiger partial charge in [0.2, 0.25) is 0 Å². The van der Waals surface area contributed by atoms with Crippen LogP contribution in [0.1, 0.15) is 27.0 Å². The molecule has 28 heavy (non-hydrogen) atoms. The number of hydrogen-bond donors (Lipinski definition) is 2. The maximum absolute atomic E-state index is 12.5. The SMILES string of the molecule is Cc1cc(C(=O)NCCc2ccc3c(c2)OCCO3)cc(C)c1OCC(=O)O. The molecule has 0 saturated heterocycles. The van der Waals surface area contributed by atoms with E-state index < -0.39 is 12.6 Å². The van der Waals surface area contributed by atoms with E-state index >= 15 is 0 Å². The van der Waals surface area contributed by atoms with E-state index in [0.717, 1.165) is 28.2 Å². The molecule has 1 heterocycles. The summed E-state index contributed by atoms with van der Waals surface area (Å²) < 4.78 is 16.4. The smallest absolute Gasteiger partial charge is 0.341 e. The number of carboxylic acids is 1. The second kappa shape index (κ2) is 8.65. The highest BCUT2D eigenvalue weighted by Gasteiger charge is 2.14. The molecule has 0 atom stereocenters. The molecule has 2 N–H and O–H groups in total. The average molecular weight is 385 g/mol. The standard InChI is InChI=1S/C21H23NO6/c1-13-9-16(10-14(2)20(13)28-12-19(23)24)21(25)22-6-5-15-3-4-17-18(11-15)27-8-7-26-17/h3-4,9-11H,5-8,12H2,1-2H3,(H,22,25)(H,23,24). The van der Waals surface area contributed by atoms with Gasteiger partial charge in [0.25, 0.3) is 5.91 Å². The van der Waals surface area contributed by atoms with Crippen LogP contribution in [0.2, 0.25) is 0 Å². The second-order valence-corrected chi connectivity index (χ2v) is 6.61. The van der Waals surface area contributed by atoms with Crippen LogP contribution in [0.3, 0.4) is 0 Å². The second-order valence-electron chi connectivity index (χ2n) is 6.61. The van der Waals surface area contributed by atoms with Crippen molar-refractivity contribution in [3.63, 3.8) is 0 Å². The maximum atomic E-state index is 12.5. The number of carboxylic acid groups (broad SMARTS) is 1. The summed E-state index contributed by atoms with van der Waals surface area (Å²) in [6.45, 7) is 4.74. The fourth-order valence-corrected chi connectivity index (χ4v) is 3.11. The van der Waals surface area contributed by atoms with Gasteiger partial charge >= 0.3 is 5.97 Å². The zero-order valence-corrected chi connectivity index (χ0v) is 15.9. The number of aliphatic carboxylic acids is 1. The number of ether oxygens (including phenoxy) is 3. The molecular formula is C21H23NO6. The minimum absolute atomic E-state index is 0.187. The van der Waals surface area contributed by atoms with E-state index in [1.807, 2.05) is 18.2 Å². The number of nitrogens with one attached hydrogen (secondary N) is 1. The molecule has 0 aliphatic carbocycles. The Morgan fingerprint density at radius 2 is 1.75 bits per heavy atom. The molecule has 0 saturated carbocycles. The highest BCUT2D eigenvalue weighted by Crippen LogP contribution is 2.30. The molecule has 0 fully saturated rings. The molecular weight excluding hydrogens is 362 g/mol. The summed E-state index contributed by atoms with van der Waals surface area (Å²) in [5.74, 6) is 0.747. The molecule has 2 aromatic carbocycles. The van der Waals surface area contributed by atoms with Gasteiger partial charge in [-0.1, -0.05) is 6.07 Å². The summed E-state index contributed by atoms with van der Waals surface area (Å²) in [4.78, 5) is 23.1. The molecule has 1 aliphatic rings. The van der Waals surface area contributed by atoms with Crippen molar-refractivity contribution in [2.75, 3.05) is 26.4 Å². The molecule has 148 valence electrons. The van der Waals surface area contributed by atoms with Crippen molar-refractivity contribution in [3.05, 3.63) is 52.6 Å². The van der Waals surface area contributed by atoms with Crippen LogP contribution in [0.5, 0.6) is 17.2 Å². The zero-order valence-electron chi connectivity index (χ0n) is 15.9. The van der Waals surface area contributed by atoms with Gasteiger partial charge in [0, 0.05) is 12.1 Å². The normalized spacial score (nSPS) is 12.4. The summed E-state index contributed by atoms with van der Waals surface area (Å²) in [7, 11) is 0. The Labute approximate surface area is 163 Å². The highest BCUT2D eigenvalue weighted by molar-refractivity contribution is 5.94. The molecule has 1 aliphatic heterocycles. The summed E-state index contributed by atoms with van der Waals surface area (Å²) >= 11 is 0. The van der Waals surface area contributed by atoms with Gasteiger partial charge in [-0.25, -0.2) is 4.79 Å². The molecule has 7 heteroatoms. The lowest BCUT2D eigenvalue weighted by Gasteiger charge is -2.19. The molecule has 0 bridgehead atoms. The molecule has 7 nitrogen and oxygen atoms in total. The summed E-state index contributed by atoms with van der Waals surface area (Å²) in [5, 5.41) is 11.7. The Kier molecular flexibility index (Phi) is 6.03. The number of rotatable bonds is 7. The minimum Gasteiger partial charge on any atom is -0.486 e. The lowest BCUT2D eigenvalue weighted by atomic mass is 10.0. The predicted molar refractivity (Wildman–Crippen MR) is 103 cm³/mol. The number of amides is 1. The van der Waals surface area contributed by atoms with Crippen molar-refractivity contribution in [1.82, 2.24) is 5.32 Å². The van der Waals surface area contributed by atoms with E-state index in [1.54, 1.807) is 26.0 Å². The molecule has 0 unspecified atom stereocenters. The molecule has 3 rings (SSSR count). The maximum Gasteiger partial charge on any atom is 0.341 e. The van der Waals surface area contributed by atoms with Crippen LogP contribution in [-0.4, -0.2) is 43.3 Å².